The van der Waals surface area contributed by atoms with E-state index >= 15 is 0 Å². The van der Waals surface area contributed by atoms with Crippen molar-refractivity contribution in [2.24, 2.45) is 0 Å². The Hall–Kier alpha value is -4.03. The molecule has 0 aliphatic heterocycles. The lowest BCUT2D eigenvalue weighted by Crippen LogP contribution is -2.11. The van der Waals surface area contributed by atoms with Crippen LogP contribution in [0.5, 0.6) is 5.75 Å². The summed E-state index contributed by atoms with van der Waals surface area (Å²) < 4.78 is 6.81. The molecule has 2 N–H and O–H groups in total. The second-order valence-electron chi connectivity index (χ2n) is 5.51. The Morgan fingerprint density at radius 3 is 2.46 bits per heavy atom. The Kier molecular flexibility index (Phi) is 4.42. The summed E-state index contributed by atoms with van der Waals surface area (Å²) in [5.41, 5.74) is 8.07. The van der Waals surface area contributed by atoms with Gasteiger partial charge in [0.25, 0.3) is 0 Å². The monoisotopic (exact) mass is 342 g/mol. The minimum atomic E-state index is -0.337. The van der Waals surface area contributed by atoms with Crippen LogP contribution in [-0.4, -0.2) is 17.5 Å². The van der Waals surface area contributed by atoms with Crippen LogP contribution in [0.4, 0.5) is 5.69 Å². The fourth-order valence-corrected chi connectivity index (χ4v) is 2.64. The number of carbonyl (C=O) groups is 1. The quantitative estimate of drug-likeness (QED) is 0.734. The molecule has 2 aromatic carbocycles. The predicted octanol–water partition coefficient (Wildman–Crippen LogP) is 3.04. The zero-order valence-electron chi connectivity index (χ0n) is 13.9. The SMILES string of the molecule is COc1cccc(-n2cc(C#N)c(N)c2C(=O)c2ccc(C#N)cc2)c1. The van der Waals surface area contributed by atoms with Crippen LogP contribution in [0.15, 0.2) is 54.7 Å². The van der Waals surface area contributed by atoms with Crippen LogP contribution < -0.4 is 10.5 Å². The second kappa shape index (κ2) is 6.84. The number of nitrogens with zero attached hydrogens (tertiary/aromatic N) is 3. The highest BCUT2D eigenvalue weighted by Gasteiger charge is 2.22. The number of nitrogens with two attached hydrogens (primary N) is 1. The number of hydrogen-bond acceptors (Lipinski definition) is 5. The van der Waals surface area contributed by atoms with Gasteiger partial charge in [0, 0.05) is 23.5 Å². The lowest BCUT2D eigenvalue weighted by Gasteiger charge is -2.11. The minimum absolute atomic E-state index is 0.115. The molecule has 1 aromatic heterocycles. The van der Waals surface area contributed by atoms with Crippen molar-refractivity contribution in [3.63, 3.8) is 0 Å². The third kappa shape index (κ3) is 2.88. The third-order valence-electron chi connectivity index (χ3n) is 3.99. The summed E-state index contributed by atoms with van der Waals surface area (Å²) in [6, 6.07) is 17.4. The summed E-state index contributed by atoms with van der Waals surface area (Å²) in [7, 11) is 1.55. The first kappa shape index (κ1) is 16.8. The molecular weight excluding hydrogens is 328 g/mol. The molecule has 0 bridgehead atoms. The van der Waals surface area contributed by atoms with Crippen molar-refractivity contribution >= 4 is 11.5 Å². The van der Waals surface area contributed by atoms with Gasteiger partial charge < -0.3 is 15.0 Å². The van der Waals surface area contributed by atoms with Gasteiger partial charge in [-0.1, -0.05) is 6.07 Å². The largest absolute Gasteiger partial charge is 0.497 e. The maximum atomic E-state index is 13.0. The van der Waals surface area contributed by atoms with E-state index in [1.165, 1.54) is 6.20 Å². The van der Waals surface area contributed by atoms with E-state index in [2.05, 4.69) is 0 Å². The van der Waals surface area contributed by atoms with Crippen molar-refractivity contribution in [1.29, 1.82) is 10.5 Å². The molecule has 0 fully saturated rings. The molecule has 1 heterocycles. The number of anilines is 1. The standard InChI is InChI=1S/C20H14N4O2/c1-26-17-4-2-3-16(9-17)24-12-15(11-22)18(23)19(24)20(25)14-7-5-13(10-21)6-8-14/h2-9,12H,23H2,1H3. The zero-order valence-corrected chi connectivity index (χ0v) is 13.9. The van der Waals surface area contributed by atoms with E-state index in [9.17, 15) is 10.1 Å². The van der Waals surface area contributed by atoms with Crippen molar-refractivity contribution in [3.8, 4) is 23.6 Å². The number of rotatable bonds is 4. The fourth-order valence-electron chi connectivity index (χ4n) is 2.64. The van der Waals surface area contributed by atoms with Gasteiger partial charge in [0.1, 0.15) is 17.5 Å². The van der Waals surface area contributed by atoms with E-state index in [0.29, 0.717) is 22.6 Å². The van der Waals surface area contributed by atoms with Crippen molar-refractivity contribution < 1.29 is 9.53 Å². The van der Waals surface area contributed by atoms with Gasteiger partial charge in [-0.15, -0.1) is 0 Å². The molecule has 0 radical (unpaired) electrons. The molecule has 0 amide bonds. The van der Waals surface area contributed by atoms with Crippen molar-refractivity contribution in [3.05, 3.63) is 77.1 Å². The molecule has 0 spiro atoms. The lowest BCUT2D eigenvalue weighted by atomic mass is 10.0. The molecule has 0 unspecified atom stereocenters. The van der Waals surface area contributed by atoms with Gasteiger partial charge in [0.15, 0.2) is 0 Å². The molecule has 6 nitrogen and oxygen atoms in total. The fraction of sp³-hybridized carbons (Fsp3) is 0.0500. The van der Waals surface area contributed by atoms with E-state index in [1.54, 1.807) is 60.2 Å². The van der Waals surface area contributed by atoms with Crippen LogP contribution in [0.2, 0.25) is 0 Å². The van der Waals surface area contributed by atoms with E-state index in [0.717, 1.165) is 0 Å². The molecule has 0 atom stereocenters. The molecule has 6 heteroatoms. The molecule has 26 heavy (non-hydrogen) atoms. The predicted molar refractivity (Wildman–Crippen MR) is 96.0 cm³/mol. The molecule has 3 aromatic rings. The highest BCUT2D eigenvalue weighted by molar-refractivity contribution is 6.12. The van der Waals surface area contributed by atoms with Crippen molar-refractivity contribution in [1.82, 2.24) is 4.57 Å². The molecule has 0 aliphatic carbocycles. The van der Waals surface area contributed by atoms with Crippen LogP contribution in [0.3, 0.4) is 0 Å². The Bertz CT molecular complexity index is 1070. The number of nitrogen functional groups attached to an aromatic ring is 1. The minimum Gasteiger partial charge on any atom is -0.497 e. The zero-order chi connectivity index (χ0) is 18.7. The number of carbonyl (C=O) groups excluding carboxylic acids is 1. The van der Waals surface area contributed by atoms with E-state index in [1.807, 2.05) is 12.1 Å². The maximum absolute atomic E-state index is 13.0. The summed E-state index contributed by atoms with van der Waals surface area (Å²) in [6.07, 6.45) is 1.53. The van der Waals surface area contributed by atoms with Gasteiger partial charge in [-0.2, -0.15) is 10.5 Å². The van der Waals surface area contributed by atoms with E-state index in [-0.39, 0.29) is 22.7 Å². The number of hydrogen-bond donors (Lipinski definition) is 1. The first-order valence-corrected chi connectivity index (χ1v) is 7.69. The molecule has 3 rings (SSSR count). The number of ether oxygens (including phenoxy) is 1. The van der Waals surface area contributed by atoms with Gasteiger partial charge >= 0.3 is 0 Å². The lowest BCUT2D eigenvalue weighted by molar-refractivity contribution is 0.103. The van der Waals surface area contributed by atoms with Crippen molar-refractivity contribution in [2.75, 3.05) is 12.8 Å². The number of aromatic nitrogens is 1. The smallest absolute Gasteiger partial charge is 0.211 e. The van der Waals surface area contributed by atoms with Crippen LogP contribution in [0.25, 0.3) is 5.69 Å². The van der Waals surface area contributed by atoms with Crippen LogP contribution >= 0.6 is 0 Å². The summed E-state index contributed by atoms with van der Waals surface area (Å²) in [6.45, 7) is 0. The average molecular weight is 342 g/mol. The van der Waals surface area contributed by atoms with Crippen LogP contribution in [0, 0.1) is 22.7 Å². The summed E-state index contributed by atoms with van der Waals surface area (Å²) in [5.74, 6) is 0.279. The third-order valence-corrected chi connectivity index (χ3v) is 3.99. The Morgan fingerprint density at radius 2 is 1.85 bits per heavy atom. The van der Waals surface area contributed by atoms with Gasteiger partial charge in [0.2, 0.25) is 5.78 Å². The second-order valence-corrected chi connectivity index (χ2v) is 5.51. The summed E-state index contributed by atoms with van der Waals surface area (Å²) in [5, 5.41) is 18.2. The molecule has 0 aliphatic rings. The first-order chi connectivity index (χ1) is 12.6. The van der Waals surface area contributed by atoms with Gasteiger partial charge in [-0.25, -0.2) is 0 Å². The Morgan fingerprint density at radius 1 is 1.12 bits per heavy atom. The number of ketones is 1. The van der Waals surface area contributed by atoms with Crippen molar-refractivity contribution in [2.45, 2.75) is 0 Å². The number of nitriles is 2. The normalized spacial score (nSPS) is 9.96. The molecule has 126 valence electrons. The molecular formula is C20H14N4O2. The number of benzene rings is 2. The van der Waals surface area contributed by atoms with Gasteiger partial charge in [0.05, 0.1) is 30.0 Å². The number of methoxy groups -OCH3 is 1. The summed E-state index contributed by atoms with van der Waals surface area (Å²) in [4.78, 5) is 13.0. The Balaban J connectivity index is 2.16. The van der Waals surface area contributed by atoms with Crippen LogP contribution in [0.1, 0.15) is 27.2 Å². The average Bonchev–Trinajstić information content (AvgIpc) is 3.03. The molecule has 0 saturated heterocycles. The molecule has 0 saturated carbocycles. The topological polar surface area (TPSA) is 105 Å². The highest BCUT2D eigenvalue weighted by Crippen LogP contribution is 2.28. The van der Waals surface area contributed by atoms with E-state index in [4.69, 9.17) is 15.7 Å². The first-order valence-electron chi connectivity index (χ1n) is 7.69. The highest BCUT2D eigenvalue weighted by atomic mass is 16.5. The van der Waals surface area contributed by atoms with Crippen LogP contribution in [-0.2, 0) is 0 Å². The van der Waals surface area contributed by atoms with Gasteiger partial charge in [-0.3, -0.25) is 4.79 Å². The van der Waals surface area contributed by atoms with E-state index < -0.39 is 0 Å². The Labute approximate surface area is 150 Å². The van der Waals surface area contributed by atoms with Gasteiger partial charge in [-0.05, 0) is 36.4 Å². The maximum Gasteiger partial charge on any atom is 0.211 e. The summed E-state index contributed by atoms with van der Waals surface area (Å²) >= 11 is 0.